The van der Waals surface area contributed by atoms with E-state index in [1.54, 1.807) is 22.7 Å². The Kier molecular flexibility index (Phi) is 22.0. The van der Waals surface area contributed by atoms with Crippen LogP contribution in [0.1, 0.15) is 59.4 Å². The molecule has 0 bridgehead atoms. The van der Waals surface area contributed by atoms with Crippen molar-refractivity contribution in [1.29, 1.82) is 0 Å². The molecule has 1 fully saturated rings. The summed E-state index contributed by atoms with van der Waals surface area (Å²) in [7, 11) is 0. The molecule has 3 nitrogen and oxygen atoms in total. The van der Waals surface area contributed by atoms with Gasteiger partial charge in [0.1, 0.15) is 9.21 Å². The van der Waals surface area contributed by atoms with Gasteiger partial charge in [-0.05, 0) is 66.0 Å². The van der Waals surface area contributed by atoms with Crippen LogP contribution >= 0.6 is 90.2 Å². The van der Waals surface area contributed by atoms with Crippen LogP contribution in [0, 0.1) is 17.8 Å². The SMILES string of the molecule is Brc1csc(Br)n1.C1CCOC1.CC(C)(C)Cc1nc(Br)cs1.[CH2-]C(C)(C)C.[Zn+][I]. The molecule has 0 amide bonds. The van der Waals surface area contributed by atoms with E-state index in [-0.39, 0.29) is 5.41 Å². The van der Waals surface area contributed by atoms with E-state index in [1.807, 2.05) is 10.8 Å². The minimum absolute atomic E-state index is 0.250. The average Bonchev–Trinajstić information content (AvgIpc) is 3.33. The summed E-state index contributed by atoms with van der Waals surface area (Å²) in [5.74, 6) is 0. The molecule has 0 aliphatic carbocycles. The van der Waals surface area contributed by atoms with Gasteiger partial charge in [0, 0.05) is 30.4 Å². The summed E-state index contributed by atoms with van der Waals surface area (Å²) >= 11 is 16.7. The van der Waals surface area contributed by atoms with E-state index >= 15 is 0 Å². The Morgan fingerprint density at radius 2 is 1.40 bits per heavy atom. The fourth-order valence-electron chi connectivity index (χ4n) is 1.57. The Hall–Kier alpha value is 2.01. The molecular weight excluding hydrogens is 780 g/mol. The summed E-state index contributed by atoms with van der Waals surface area (Å²) in [6.07, 6.45) is 3.61. The van der Waals surface area contributed by atoms with Crippen LogP contribution in [0.25, 0.3) is 0 Å². The predicted molar refractivity (Wildman–Crippen MR) is 149 cm³/mol. The molecular formula is C20H32Br3IN2OS2Zn. The second-order valence-corrected chi connectivity index (χ2v) is 13.3. The Morgan fingerprint density at radius 3 is 1.60 bits per heavy atom. The molecule has 2 aromatic rings. The van der Waals surface area contributed by atoms with Crippen LogP contribution in [-0.2, 0) is 25.9 Å². The third-order valence-electron chi connectivity index (χ3n) is 2.48. The van der Waals surface area contributed by atoms with Crippen LogP contribution in [0.2, 0.25) is 0 Å². The number of rotatable bonds is 1. The van der Waals surface area contributed by atoms with Gasteiger partial charge in [-0.1, -0.05) is 41.5 Å². The number of aromatic nitrogens is 2. The topological polar surface area (TPSA) is 35.0 Å². The predicted octanol–water partition coefficient (Wildman–Crippen LogP) is 9.71. The van der Waals surface area contributed by atoms with E-state index in [4.69, 9.17) is 4.74 Å². The molecule has 30 heavy (non-hydrogen) atoms. The van der Waals surface area contributed by atoms with Crippen LogP contribution in [0.4, 0.5) is 0 Å². The average molecular weight is 813 g/mol. The first-order valence-corrected chi connectivity index (χ1v) is 22.5. The van der Waals surface area contributed by atoms with E-state index in [0.717, 1.165) is 32.8 Å². The zero-order chi connectivity index (χ0) is 23.8. The first-order chi connectivity index (χ1) is 13.8. The van der Waals surface area contributed by atoms with Crippen molar-refractivity contribution in [2.45, 2.75) is 60.8 Å². The number of thiazole rings is 2. The summed E-state index contributed by atoms with van der Waals surface area (Å²) < 4.78 is 7.71. The van der Waals surface area contributed by atoms with Crippen molar-refractivity contribution in [2.24, 2.45) is 10.8 Å². The molecule has 0 radical (unpaired) electrons. The Morgan fingerprint density at radius 1 is 0.967 bits per heavy atom. The van der Waals surface area contributed by atoms with Crippen LogP contribution in [0.5, 0.6) is 0 Å². The maximum atomic E-state index is 4.94. The van der Waals surface area contributed by atoms with Crippen LogP contribution in [0.15, 0.2) is 23.9 Å². The van der Waals surface area contributed by atoms with Gasteiger partial charge in [0.25, 0.3) is 0 Å². The van der Waals surface area contributed by atoms with Gasteiger partial charge in [-0.25, -0.2) is 9.97 Å². The Balaban J connectivity index is 0. The van der Waals surface area contributed by atoms with Gasteiger partial charge in [-0.15, -0.1) is 22.7 Å². The van der Waals surface area contributed by atoms with Gasteiger partial charge in [-0.2, -0.15) is 5.41 Å². The minimum atomic E-state index is 0.250. The zero-order valence-electron chi connectivity index (χ0n) is 18.7. The summed E-state index contributed by atoms with van der Waals surface area (Å²) in [6, 6.07) is 0. The summed E-state index contributed by atoms with van der Waals surface area (Å²) in [4.78, 5) is 8.29. The first kappa shape index (κ1) is 34.2. The van der Waals surface area contributed by atoms with Gasteiger partial charge in [0.15, 0.2) is 3.92 Å². The maximum absolute atomic E-state index is 4.94. The second kappa shape index (κ2) is 19.3. The zero-order valence-corrected chi connectivity index (χ0v) is 30.3. The Bertz CT molecular complexity index is 625. The van der Waals surface area contributed by atoms with Gasteiger partial charge >= 0.3 is 34.5 Å². The van der Waals surface area contributed by atoms with E-state index < -0.39 is 0 Å². The molecule has 0 spiro atoms. The van der Waals surface area contributed by atoms with Crippen molar-refractivity contribution in [3.05, 3.63) is 35.8 Å². The number of nitrogens with zero attached hydrogens (tertiary/aromatic N) is 2. The van der Waals surface area contributed by atoms with Crippen molar-refractivity contribution in [3.63, 3.8) is 0 Å². The van der Waals surface area contributed by atoms with Crippen molar-refractivity contribution >= 4 is 90.2 Å². The van der Waals surface area contributed by atoms with E-state index in [9.17, 15) is 0 Å². The molecule has 1 aliphatic heterocycles. The molecule has 2 aromatic heterocycles. The summed E-state index contributed by atoms with van der Waals surface area (Å²) in [5, 5.41) is 5.16. The van der Waals surface area contributed by atoms with Crippen LogP contribution < -0.4 is 0 Å². The van der Waals surface area contributed by atoms with Crippen molar-refractivity contribution in [1.82, 2.24) is 9.97 Å². The van der Waals surface area contributed by atoms with E-state index in [0.29, 0.717) is 5.41 Å². The van der Waals surface area contributed by atoms with Crippen LogP contribution in [-0.4, -0.2) is 23.2 Å². The van der Waals surface area contributed by atoms with E-state index in [1.165, 1.54) is 32.6 Å². The Labute approximate surface area is 237 Å². The van der Waals surface area contributed by atoms with Gasteiger partial charge in [0.2, 0.25) is 0 Å². The number of hydrogen-bond donors (Lipinski definition) is 0. The molecule has 0 N–H and O–H groups in total. The van der Waals surface area contributed by atoms with Crippen molar-refractivity contribution in [3.8, 4) is 0 Å². The number of ether oxygens (including phenoxy) is 1. The molecule has 1 aliphatic rings. The molecule has 0 unspecified atom stereocenters. The first-order valence-electron chi connectivity index (χ1n) is 9.32. The standard InChI is InChI=1S/C8H12BrNS.C5H11.C4H8O.C3HBr2NS.HI.Zn/c1-8(2,3)4-7-10-6(9)5-11-7;1-5(2,3)4;1-2-4-5-3-1;4-2-1-7-3(5)6-2;;/h5H,4H2,1-3H3;1H2,2-4H3;1-4H2;1H;1H;/q;-1;;;;+2/p-1. The number of hydrogen-bond acceptors (Lipinski definition) is 5. The third kappa shape index (κ3) is 28.0. The molecule has 3 rings (SSSR count). The quantitative estimate of drug-likeness (QED) is 0.164. The third-order valence-corrected chi connectivity index (χ3v) is 6.11. The van der Waals surface area contributed by atoms with Crippen LogP contribution in [0.3, 0.4) is 0 Å². The number of halogens is 4. The molecule has 170 valence electrons. The monoisotopic (exact) mass is 808 g/mol. The van der Waals surface area contributed by atoms with Crippen molar-refractivity contribution in [2.75, 3.05) is 13.2 Å². The molecule has 0 aromatic carbocycles. The second-order valence-electron chi connectivity index (χ2n) is 8.60. The van der Waals surface area contributed by atoms with Gasteiger partial charge in [-0.3, -0.25) is 0 Å². The van der Waals surface area contributed by atoms with Gasteiger partial charge in [0.05, 0.1) is 5.01 Å². The fourth-order valence-corrected chi connectivity index (χ4v) is 4.82. The normalized spacial score (nSPS) is 12.8. The molecule has 0 atom stereocenters. The summed E-state index contributed by atoms with van der Waals surface area (Å²) in [5.41, 5.74) is 0.595. The molecule has 0 saturated carbocycles. The summed E-state index contributed by atoms with van der Waals surface area (Å²) in [6.45, 7) is 18.7. The molecule has 10 heteroatoms. The van der Waals surface area contributed by atoms with Gasteiger partial charge < -0.3 is 11.7 Å². The fraction of sp³-hybridized carbons (Fsp3) is 0.650. The van der Waals surface area contributed by atoms with E-state index in [2.05, 4.69) is 126 Å². The van der Waals surface area contributed by atoms with Crippen molar-refractivity contribution < 1.29 is 19.5 Å². The molecule has 3 heterocycles. The molecule has 1 saturated heterocycles.